The monoisotopic (exact) mass is 1000 g/mol. The van der Waals surface area contributed by atoms with Crippen molar-refractivity contribution in [3.8, 4) is 0 Å². The summed E-state index contributed by atoms with van der Waals surface area (Å²) in [7, 11) is 0. The van der Waals surface area contributed by atoms with Crippen molar-refractivity contribution >= 4 is 17.9 Å². The van der Waals surface area contributed by atoms with E-state index >= 15 is 0 Å². The molecule has 0 saturated carbocycles. The molecule has 0 N–H and O–H groups in total. The fourth-order valence-electron chi connectivity index (χ4n) is 8.28. The largest absolute Gasteiger partial charge is 0.462 e. The van der Waals surface area contributed by atoms with Crippen LogP contribution in [0.1, 0.15) is 284 Å². The third-order valence-corrected chi connectivity index (χ3v) is 12.8. The number of carbonyl (C=O) groups is 3. The molecule has 0 rings (SSSR count). The van der Waals surface area contributed by atoms with Gasteiger partial charge in [-0.2, -0.15) is 0 Å². The Hall–Kier alpha value is -3.67. The summed E-state index contributed by atoms with van der Waals surface area (Å²) in [5, 5.41) is 0. The van der Waals surface area contributed by atoms with E-state index in [0.717, 1.165) is 89.9 Å². The molecule has 1 atom stereocenters. The quantitative estimate of drug-likeness (QED) is 0.0261. The number of unbranched alkanes of at least 4 members (excludes halogenated alkanes) is 27. The maximum Gasteiger partial charge on any atom is 0.306 e. The molecule has 0 aromatic heterocycles. The smallest absolute Gasteiger partial charge is 0.306 e. The van der Waals surface area contributed by atoms with Crippen molar-refractivity contribution in [2.45, 2.75) is 290 Å². The lowest BCUT2D eigenvalue weighted by atomic mass is 10.1. The second-order valence-electron chi connectivity index (χ2n) is 19.9. The average molecular weight is 1000 g/mol. The molecule has 0 aromatic carbocycles. The van der Waals surface area contributed by atoms with Crippen LogP contribution in [0, 0.1) is 0 Å². The Bertz CT molecular complexity index is 1430. The molecule has 6 nitrogen and oxygen atoms in total. The molecule has 72 heavy (non-hydrogen) atoms. The summed E-state index contributed by atoms with van der Waals surface area (Å²) in [6.07, 6.45) is 79.9. The van der Waals surface area contributed by atoms with Crippen LogP contribution in [0.5, 0.6) is 0 Å². The zero-order valence-corrected chi connectivity index (χ0v) is 47.2. The third-order valence-electron chi connectivity index (χ3n) is 12.8. The van der Waals surface area contributed by atoms with Gasteiger partial charge in [-0.15, -0.1) is 0 Å². The number of rotatable bonds is 54. The number of carbonyl (C=O) groups excluding carboxylic acids is 3. The van der Waals surface area contributed by atoms with Crippen LogP contribution in [0.15, 0.2) is 97.2 Å². The number of hydrogen-bond acceptors (Lipinski definition) is 6. The molecule has 0 fully saturated rings. The first-order chi connectivity index (χ1) is 35.5. The summed E-state index contributed by atoms with van der Waals surface area (Å²) in [5.41, 5.74) is 0. The highest BCUT2D eigenvalue weighted by Crippen LogP contribution is 2.15. The molecule has 0 saturated heterocycles. The standard InChI is InChI=1S/C66H112O6/c1-4-7-10-13-16-19-22-25-28-30-32-33-35-36-38-41-44-47-50-53-56-59-65(68)71-62-63(61-70-64(67)58-55-52-49-46-43-40-27-24-21-18-15-12-9-6-3)72-66(69)60-57-54-51-48-45-42-39-37-34-31-29-26-23-20-17-14-11-8-5-2/h8,11,17,20,24,26-27,29-30,32,34,37,42,45,51,54,63H,4-7,9-10,12-16,18-19,21-23,25,28,31,33,35-36,38-41,43-44,46-50,52-53,55-62H2,1-3H3/b11-8-,20-17-,27-24-,29-26-,32-30-,37-34-,45-42-,54-51-. The van der Waals surface area contributed by atoms with Crippen LogP contribution in [-0.4, -0.2) is 37.2 Å². The molecule has 0 radical (unpaired) electrons. The van der Waals surface area contributed by atoms with Crippen molar-refractivity contribution in [3.05, 3.63) is 97.2 Å². The van der Waals surface area contributed by atoms with Gasteiger partial charge in [0.25, 0.3) is 0 Å². The van der Waals surface area contributed by atoms with Crippen LogP contribution in [-0.2, 0) is 28.6 Å². The van der Waals surface area contributed by atoms with Gasteiger partial charge in [0.15, 0.2) is 6.10 Å². The van der Waals surface area contributed by atoms with Gasteiger partial charge in [0, 0.05) is 19.3 Å². The van der Waals surface area contributed by atoms with Gasteiger partial charge < -0.3 is 14.2 Å². The topological polar surface area (TPSA) is 78.9 Å². The van der Waals surface area contributed by atoms with Gasteiger partial charge in [0.2, 0.25) is 0 Å². The Labute approximate surface area is 445 Å². The predicted molar refractivity (Wildman–Crippen MR) is 311 cm³/mol. The molecule has 0 spiro atoms. The number of ether oxygens (including phenoxy) is 3. The fraction of sp³-hybridized carbons (Fsp3) is 0.712. The molecule has 0 amide bonds. The van der Waals surface area contributed by atoms with Gasteiger partial charge in [-0.3, -0.25) is 14.4 Å². The van der Waals surface area contributed by atoms with Crippen molar-refractivity contribution < 1.29 is 28.6 Å². The van der Waals surface area contributed by atoms with Gasteiger partial charge in [0.1, 0.15) is 13.2 Å². The number of esters is 3. The van der Waals surface area contributed by atoms with Crippen LogP contribution in [0.25, 0.3) is 0 Å². The van der Waals surface area contributed by atoms with E-state index in [0.29, 0.717) is 19.3 Å². The minimum atomic E-state index is -0.823. The Morgan fingerprint density at radius 3 is 0.903 bits per heavy atom. The molecule has 412 valence electrons. The van der Waals surface area contributed by atoms with E-state index in [-0.39, 0.29) is 31.6 Å². The second-order valence-corrected chi connectivity index (χ2v) is 19.9. The first kappa shape index (κ1) is 68.3. The Morgan fingerprint density at radius 2 is 0.569 bits per heavy atom. The molecule has 1 unspecified atom stereocenters. The van der Waals surface area contributed by atoms with Crippen molar-refractivity contribution in [1.82, 2.24) is 0 Å². The van der Waals surface area contributed by atoms with Crippen molar-refractivity contribution in [2.24, 2.45) is 0 Å². The fourth-order valence-corrected chi connectivity index (χ4v) is 8.28. The first-order valence-electron chi connectivity index (χ1n) is 30.2. The van der Waals surface area contributed by atoms with Gasteiger partial charge in [-0.1, -0.05) is 253 Å². The van der Waals surface area contributed by atoms with Crippen LogP contribution >= 0.6 is 0 Å². The van der Waals surface area contributed by atoms with E-state index in [2.05, 4.69) is 112 Å². The highest BCUT2D eigenvalue weighted by molar-refractivity contribution is 5.71. The Kier molecular flexibility index (Phi) is 56.8. The highest BCUT2D eigenvalue weighted by atomic mass is 16.6. The van der Waals surface area contributed by atoms with E-state index < -0.39 is 12.1 Å². The normalized spacial score (nSPS) is 12.8. The summed E-state index contributed by atoms with van der Waals surface area (Å²) in [4.78, 5) is 38.2. The molecular weight excluding hydrogens is 889 g/mol. The summed E-state index contributed by atoms with van der Waals surface area (Å²) in [6, 6.07) is 0. The molecule has 6 heteroatoms. The van der Waals surface area contributed by atoms with Crippen LogP contribution < -0.4 is 0 Å². The lowest BCUT2D eigenvalue weighted by Crippen LogP contribution is -2.30. The maximum absolute atomic E-state index is 12.8. The highest BCUT2D eigenvalue weighted by Gasteiger charge is 2.19. The van der Waals surface area contributed by atoms with Crippen molar-refractivity contribution in [2.75, 3.05) is 13.2 Å². The zero-order valence-electron chi connectivity index (χ0n) is 47.2. The molecule has 0 heterocycles. The lowest BCUT2D eigenvalue weighted by Gasteiger charge is -2.18. The van der Waals surface area contributed by atoms with E-state index in [1.54, 1.807) is 0 Å². The first-order valence-corrected chi connectivity index (χ1v) is 30.2. The summed E-state index contributed by atoms with van der Waals surface area (Å²) in [6.45, 7) is 6.46. The molecule has 0 bridgehead atoms. The van der Waals surface area contributed by atoms with Crippen LogP contribution in [0.4, 0.5) is 0 Å². The minimum absolute atomic E-state index is 0.111. The maximum atomic E-state index is 12.8. The predicted octanol–water partition coefficient (Wildman–Crippen LogP) is 20.5. The average Bonchev–Trinajstić information content (AvgIpc) is 3.38. The molecule has 0 aliphatic carbocycles. The van der Waals surface area contributed by atoms with Crippen molar-refractivity contribution in [1.29, 1.82) is 0 Å². The summed E-state index contributed by atoms with van der Waals surface area (Å²) < 4.78 is 16.8. The number of allylic oxidation sites excluding steroid dienone is 16. The van der Waals surface area contributed by atoms with Gasteiger partial charge in [-0.25, -0.2) is 0 Å². The van der Waals surface area contributed by atoms with E-state index in [4.69, 9.17) is 14.2 Å². The lowest BCUT2D eigenvalue weighted by molar-refractivity contribution is -0.166. The van der Waals surface area contributed by atoms with Crippen molar-refractivity contribution in [3.63, 3.8) is 0 Å². The van der Waals surface area contributed by atoms with Gasteiger partial charge in [-0.05, 0) is 109 Å². The molecular formula is C66H112O6. The summed E-state index contributed by atoms with van der Waals surface area (Å²) in [5.74, 6) is -1.00. The number of hydrogen-bond donors (Lipinski definition) is 0. The van der Waals surface area contributed by atoms with Gasteiger partial charge >= 0.3 is 17.9 Å². The Balaban J connectivity index is 4.47. The van der Waals surface area contributed by atoms with E-state index in [1.165, 1.54) is 148 Å². The van der Waals surface area contributed by atoms with Crippen LogP contribution in [0.2, 0.25) is 0 Å². The third kappa shape index (κ3) is 57.2. The minimum Gasteiger partial charge on any atom is -0.462 e. The second kappa shape index (κ2) is 59.9. The van der Waals surface area contributed by atoms with Crippen LogP contribution in [0.3, 0.4) is 0 Å². The van der Waals surface area contributed by atoms with E-state index in [9.17, 15) is 14.4 Å². The SMILES string of the molecule is CC/C=C\C/C=C\C/C=C\C/C=C\C/C=C\C/C=C\CCC(=O)OC(COC(=O)CCCCCCC/C=C\CCCCCCC)COC(=O)CCCCCCCCCCC/C=C\CCCCCCCCCC. The molecule has 0 aliphatic heterocycles. The van der Waals surface area contributed by atoms with Gasteiger partial charge in [0.05, 0.1) is 0 Å². The Morgan fingerprint density at radius 1 is 0.292 bits per heavy atom. The molecule has 0 aliphatic rings. The summed E-state index contributed by atoms with van der Waals surface area (Å²) >= 11 is 0. The zero-order chi connectivity index (χ0) is 52.2. The molecule has 0 aromatic rings. The van der Waals surface area contributed by atoms with E-state index in [1.807, 2.05) is 6.08 Å².